The van der Waals surface area contributed by atoms with E-state index < -0.39 is 0 Å². The Bertz CT molecular complexity index is 251. The molecule has 18 heavy (non-hydrogen) atoms. The van der Waals surface area contributed by atoms with Crippen molar-refractivity contribution in [2.75, 3.05) is 20.3 Å². The van der Waals surface area contributed by atoms with E-state index in [2.05, 4.69) is 19.2 Å². The Kier molecular flexibility index (Phi) is 5.05. The Morgan fingerprint density at radius 2 is 2.06 bits per heavy atom. The van der Waals surface area contributed by atoms with Gasteiger partial charge < -0.3 is 14.8 Å². The predicted molar refractivity (Wildman–Crippen MR) is 73.8 cm³/mol. The lowest BCUT2D eigenvalue weighted by Crippen LogP contribution is -2.63. The van der Waals surface area contributed by atoms with Gasteiger partial charge in [0.15, 0.2) is 0 Å². The monoisotopic (exact) mass is 255 g/mol. The Balaban J connectivity index is 1.88. The fourth-order valence-corrected chi connectivity index (χ4v) is 3.80. The normalized spacial score (nSPS) is 31.5. The zero-order chi connectivity index (χ0) is 13.0. The van der Waals surface area contributed by atoms with Crippen LogP contribution in [0.3, 0.4) is 0 Å². The molecule has 0 bridgehead atoms. The third kappa shape index (κ3) is 2.73. The summed E-state index contributed by atoms with van der Waals surface area (Å²) in [6.07, 6.45) is 8.54. The summed E-state index contributed by atoms with van der Waals surface area (Å²) in [5, 5.41) is 3.73. The van der Waals surface area contributed by atoms with Crippen molar-refractivity contribution in [2.24, 2.45) is 5.41 Å². The minimum absolute atomic E-state index is 0.226. The Morgan fingerprint density at radius 3 is 2.67 bits per heavy atom. The molecule has 2 fully saturated rings. The second-order valence-electron chi connectivity index (χ2n) is 6.07. The summed E-state index contributed by atoms with van der Waals surface area (Å²) < 4.78 is 11.4. The maximum Gasteiger partial charge on any atom is 0.0784 e. The van der Waals surface area contributed by atoms with Crippen molar-refractivity contribution in [3.8, 4) is 0 Å². The Hall–Kier alpha value is -0.120. The summed E-state index contributed by atoms with van der Waals surface area (Å²) in [7, 11) is 1.75. The van der Waals surface area contributed by atoms with Crippen LogP contribution >= 0.6 is 0 Å². The zero-order valence-electron chi connectivity index (χ0n) is 12.2. The van der Waals surface area contributed by atoms with E-state index in [1.807, 2.05) is 0 Å². The van der Waals surface area contributed by atoms with E-state index in [-0.39, 0.29) is 6.10 Å². The summed E-state index contributed by atoms with van der Waals surface area (Å²) in [5.41, 5.74) is 0.442. The molecule has 2 aliphatic rings. The van der Waals surface area contributed by atoms with Gasteiger partial charge in [0.25, 0.3) is 0 Å². The second kappa shape index (κ2) is 6.36. The highest BCUT2D eigenvalue weighted by molar-refractivity contribution is 5.10. The molecule has 0 radical (unpaired) electrons. The van der Waals surface area contributed by atoms with E-state index in [4.69, 9.17) is 9.47 Å². The van der Waals surface area contributed by atoms with Gasteiger partial charge in [-0.05, 0) is 39.2 Å². The molecule has 3 unspecified atom stereocenters. The van der Waals surface area contributed by atoms with Gasteiger partial charge in [0.2, 0.25) is 0 Å². The number of nitrogens with one attached hydrogen (secondary N) is 1. The van der Waals surface area contributed by atoms with Crippen molar-refractivity contribution in [3.05, 3.63) is 0 Å². The summed E-state index contributed by atoms with van der Waals surface area (Å²) >= 11 is 0. The number of hydrogen-bond acceptors (Lipinski definition) is 3. The smallest absolute Gasteiger partial charge is 0.0784 e. The molecule has 3 atom stereocenters. The van der Waals surface area contributed by atoms with Crippen molar-refractivity contribution in [3.63, 3.8) is 0 Å². The van der Waals surface area contributed by atoms with Gasteiger partial charge in [-0.15, -0.1) is 0 Å². The lowest BCUT2D eigenvalue weighted by atomic mass is 9.60. The molecule has 2 saturated carbocycles. The van der Waals surface area contributed by atoms with Gasteiger partial charge >= 0.3 is 0 Å². The molecule has 0 aromatic rings. The molecule has 2 aliphatic carbocycles. The number of ether oxygens (including phenoxy) is 2. The molecular formula is C15H29NO2. The van der Waals surface area contributed by atoms with E-state index in [0.717, 1.165) is 6.54 Å². The van der Waals surface area contributed by atoms with Gasteiger partial charge in [-0.2, -0.15) is 0 Å². The van der Waals surface area contributed by atoms with Crippen molar-refractivity contribution in [1.29, 1.82) is 0 Å². The first-order valence-corrected chi connectivity index (χ1v) is 7.60. The van der Waals surface area contributed by atoms with E-state index in [9.17, 15) is 0 Å². The highest BCUT2D eigenvalue weighted by atomic mass is 16.5. The summed E-state index contributed by atoms with van der Waals surface area (Å²) in [5.74, 6) is 0. The van der Waals surface area contributed by atoms with Crippen LogP contribution in [-0.2, 0) is 9.47 Å². The molecule has 3 nitrogen and oxygen atoms in total. The fourth-order valence-electron chi connectivity index (χ4n) is 3.80. The van der Waals surface area contributed by atoms with Crippen LogP contribution < -0.4 is 5.32 Å². The van der Waals surface area contributed by atoms with E-state index >= 15 is 0 Å². The van der Waals surface area contributed by atoms with Gasteiger partial charge in [0.05, 0.1) is 18.8 Å². The third-order valence-electron chi connectivity index (χ3n) is 4.76. The predicted octanol–water partition coefficient (Wildman–Crippen LogP) is 2.74. The lowest BCUT2D eigenvalue weighted by molar-refractivity contribution is -0.165. The fraction of sp³-hybridized carbons (Fsp3) is 1.00. The molecule has 2 rings (SSSR count). The molecule has 0 saturated heterocycles. The van der Waals surface area contributed by atoms with E-state index in [1.165, 1.54) is 38.5 Å². The van der Waals surface area contributed by atoms with Crippen LogP contribution in [0.15, 0.2) is 0 Å². The molecular weight excluding hydrogens is 226 g/mol. The topological polar surface area (TPSA) is 30.5 Å². The Morgan fingerprint density at radius 1 is 1.33 bits per heavy atom. The minimum Gasteiger partial charge on any atom is -0.382 e. The summed E-state index contributed by atoms with van der Waals surface area (Å²) in [6.45, 7) is 6.22. The summed E-state index contributed by atoms with van der Waals surface area (Å²) in [6, 6.07) is 0.694. The first kappa shape index (κ1) is 14.3. The SMILES string of the molecule is CCCNC1CC(OC(C)COC)C12CCCC2. The van der Waals surface area contributed by atoms with E-state index in [1.54, 1.807) is 7.11 Å². The van der Waals surface area contributed by atoms with Crippen LogP contribution in [-0.4, -0.2) is 38.5 Å². The quantitative estimate of drug-likeness (QED) is 0.759. The minimum atomic E-state index is 0.226. The van der Waals surface area contributed by atoms with Crippen LogP contribution in [0.4, 0.5) is 0 Å². The average molecular weight is 255 g/mol. The maximum atomic E-state index is 6.21. The van der Waals surface area contributed by atoms with Crippen molar-refractivity contribution < 1.29 is 9.47 Å². The van der Waals surface area contributed by atoms with Gasteiger partial charge in [-0.3, -0.25) is 0 Å². The van der Waals surface area contributed by atoms with E-state index in [0.29, 0.717) is 24.2 Å². The van der Waals surface area contributed by atoms with Crippen LogP contribution in [0.5, 0.6) is 0 Å². The molecule has 1 N–H and O–H groups in total. The molecule has 0 amide bonds. The summed E-state index contributed by atoms with van der Waals surface area (Å²) in [4.78, 5) is 0. The zero-order valence-corrected chi connectivity index (χ0v) is 12.2. The molecule has 1 spiro atoms. The molecule has 0 aliphatic heterocycles. The molecule has 0 heterocycles. The van der Waals surface area contributed by atoms with Crippen LogP contribution in [0, 0.1) is 5.41 Å². The molecule has 0 aromatic carbocycles. The number of methoxy groups -OCH3 is 1. The van der Waals surface area contributed by atoms with Gasteiger partial charge in [0.1, 0.15) is 0 Å². The van der Waals surface area contributed by atoms with Crippen molar-refractivity contribution in [1.82, 2.24) is 5.32 Å². The Labute approximate surface area is 112 Å². The van der Waals surface area contributed by atoms with Gasteiger partial charge in [-0.1, -0.05) is 19.8 Å². The third-order valence-corrected chi connectivity index (χ3v) is 4.76. The second-order valence-corrected chi connectivity index (χ2v) is 6.07. The van der Waals surface area contributed by atoms with Crippen molar-refractivity contribution in [2.45, 2.75) is 70.6 Å². The standard InChI is InChI=1S/C15H29NO2/c1-4-9-16-13-10-14(18-12(2)11-17-3)15(13)7-5-6-8-15/h12-14,16H,4-11H2,1-3H3. The first-order chi connectivity index (χ1) is 8.73. The maximum absolute atomic E-state index is 6.21. The number of rotatable bonds is 7. The number of hydrogen-bond donors (Lipinski definition) is 1. The molecule has 3 heteroatoms. The molecule has 0 aromatic heterocycles. The largest absolute Gasteiger partial charge is 0.382 e. The van der Waals surface area contributed by atoms with Crippen LogP contribution in [0.2, 0.25) is 0 Å². The highest BCUT2D eigenvalue weighted by Gasteiger charge is 2.56. The molecule has 106 valence electrons. The highest BCUT2D eigenvalue weighted by Crippen LogP contribution is 2.55. The van der Waals surface area contributed by atoms with Crippen LogP contribution in [0.1, 0.15) is 52.4 Å². The first-order valence-electron chi connectivity index (χ1n) is 7.60. The van der Waals surface area contributed by atoms with Gasteiger partial charge in [0, 0.05) is 18.6 Å². The van der Waals surface area contributed by atoms with Gasteiger partial charge in [-0.25, -0.2) is 0 Å². The van der Waals surface area contributed by atoms with Crippen LogP contribution in [0.25, 0.3) is 0 Å². The lowest BCUT2D eigenvalue weighted by Gasteiger charge is -2.55. The van der Waals surface area contributed by atoms with Crippen molar-refractivity contribution >= 4 is 0 Å². The average Bonchev–Trinajstić information content (AvgIpc) is 2.85.